The van der Waals surface area contributed by atoms with Gasteiger partial charge in [0.15, 0.2) is 0 Å². The lowest BCUT2D eigenvalue weighted by molar-refractivity contribution is 0.206. The fraction of sp³-hybridized carbons (Fsp3) is 1.00. The standard InChI is InChI=1S/C10H23NO2S/c1-9(2)10(3,8-11-4)6-7-14(5,12)13/h9,11H,6-8H2,1-5H3. The zero-order chi connectivity index (χ0) is 11.4. The van der Waals surface area contributed by atoms with E-state index in [4.69, 9.17) is 0 Å². The van der Waals surface area contributed by atoms with Gasteiger partial charge in [0.25, 0.3) is 0 Å². The molecule has 1 N–H and O–H groups in total. The van der Waals surface area contributed by atoms with Gasteiger partial charge in [0.2, 0.25) is 0 Å². The molecule has 0 aromatic carbocycles. The van der Waals surface area contributed by atoms with E-state index in [1.165, 1.54) is 6.26 Å². The average Bonchev–Trinajstić information content (AvgIpc) is 2.00. The number of nitrogens with one attached hydrogen (secondary N) is 1. The van der Waals surface area contributed by atoms with Gasteiger partial charge in [-0.15, -0.1) is 0 Å². The monoisotopic (exact) mass is 221 g/mol. The number of rotatable bonds is 6. The average molecular weight is 221 g/mol. The zero-order valence-electron chi connectivity index (χ0n) is 9.92. The van der Waals surface area contributed by atoms with E-state index >= 15 is 0 Å². The maximum atomic E-state index is 11.1. The molecule has 0 spiro atoms. The van der Waals surface area contributed by atoms with Crippen LogP contribution in [-0.2, 0) is 9.84 Å². The number of sulfone groups is 1. The second-order valence-electron chi connectivity index (χ2n) is 4.72. The molecule has 0 radical (unpaired) electrons. The predicted octanol–water partition coefficient (Wildman–Crippen LogP) is 1.30. The van der Waals surface area contributed by atoms with Gasteiger partial charge in [-0.1, -0.05) is 20.8 Å². The molecule has 0 amide bonds. The smallest absolute Gasteiger partial charge is 0.147 e. The molecule has 1 atom stereocenters. The first-order chi connectivity index (χ1) is 6.21. The van der Waals surface area contributed by atoms with Crippen LogP contribution in [0.1, 0.15) is 27.2 Å². The fourth-order valence-electron chi connectivity index (χ4n) is 1.40. The minimum atomic E-state index is -2.84. The van der Waals surface area contributed by atoms with Crippen LogP contribution in [0.15, 0.2) is 0 Å². The minimum absolute atomic E-state index is 0.0673. The van der Waals surface area contributed by atoms with Crippen LogP contribution in [-0.4, -0.2) is 34.0 Å². The van der Waals surface area contributed by atoms with Gasteiger partial charge in [0.1, 0.15) is 9.84 Å². The van der Waals surface area contributed by atoms with Crippen LogP contribution >= 0.6 is 0 Å². The summed E-state index contributed by atoms with van der Waals surface area (Å²) < 4.78 is 22.2. The maximum absolute atomic E-state index is 11.1. The summed E-state index contributed by atoms with van der Waals surface area (Å²) in [5.74, 6) is 0.764. The van der Waals surface area contributed by atoms with Crippen LogP contribution in [0.25, 0.3) is 0 Å². The first-order valence-electron chi connectivity index (χ1n) is 5.03. The Morgan fingerprint density at radius 2 is 1.86 bits per heavy atom. The summed E-state index contributed by atoms with van der Waals surface area (Å²) in [5, 5.41) is 3.13. The Morgan fingerprint density at radius 1 is 1.36 bits per heavy atom. The summed E-state index contributed by atoms with van der Waals surface area (Å²) in [4.78, 5) is 0. The van der Waals surface area contributed by atoms with Gasteiger partial charge in [-0.05, 0) is 24.8 Å². The highest BCUT2D eigenvalue weighted by molar-refractivity contribution is 7.90. The quantitative estimate of drug-likeness (QED) is 0.735. The van der Waals surface area contributed by atoms with E-state index < -0.39 is 9.84 Å². The molecule has 0 heterocycles. The Morgan fingerprint density at radius 3 is 2.14 bits per heavy atom. The van der Waals surface area contributed by atoms with Crippen molar-refractivity contribution in [1.29, 1.82) is 0 Å². The van der Waals surface area contributed by atoms with E-state index in [0.717, 1.165) is 13.0 Å². The second kappa shape index (κ2) is 5.12. The van der Waals surface area contributed by atoms with Crippen LogP contribution in [0.2, 0.25) is 0 Å². The van der Waals surface area contributed by atoms with Crippen molar-refractivity contribution in [2.75, 3.05) is 25.6 Å². The third-order valence-electron chi connectivity index (χ3n) is 3.02. The van der Waals surface area contributed by atoms with E-state index in [2.05, 4.69) is 26.1 Å². The highest BCUT2D eigenvalue weighted by Gasteiger charge is 2.28. The highest BCUT2D eigenvalue weighted by atomic mass is 32.2. The lowest BCUT2D eigenvalue weighted by Crippen LogP contribution is -2.36. The fourth-order valence-corrected chi connectivity index (χ4v) is 2.24. The van der Waals surface area contributed by atoms with Crippen LogP contribution in [0.4, 0.5) is 0 Å². The van der Waals surface area contributed by atoms with Crippen molar-refractivity contribution < 1.29 is 8.42 Å². The lowest BCUT2D eigenvalue weighted by atomic mass is 9.77. The Hall–Kier alpha value is -0.0900. The maximum Gasteiger partial charge on any atom is 0.147 e. The van der Waals surface area contributed by atoms with Crippen molar-refractivity contribution in [2.24, 2.45) is 11.3 Å². The van der Waals surface area contributed by atoms with Crippen LogP contribution in [0.5, 0.6) is 0 Å². The number of hydrogen-bond donors (Lipinski definition) is 1. The molecule has 4 heteroatoms. The van der Waals surface area contributed by atoms with Crippen molar-refractivity contribution in [3.05, 3.63) is 0 Å². The minimum Gasteiger partial charge on any atom is -0.319 e. The summed E-state index contributed by atoms with van der Waals surface area (Å²) in [5.41, 5.74) is 0.0673. The predicted molar refractivity (Wildman–Crippen MR) is 61.2 cm³/mol. The molecule has 1 unspecified atom stereocenters. The van der Waals surface area contributed by atoms with E-state index in [1.807, 2.05) is 7.05 Å². The van der Waals surface area contributed by atoms with Gasteiger partial charge in [-0.25, -0.2) is 8.42 Å². The molecule has 0 aromatic heterocycles. The molecule has 0 aliphatic heterocycles. The third kappa shape index (κ3) is 4.96. The summed E-state index contributed by atoms with van der Waals surface area (Å²) in [6.07, 6.45) is 2.03. The molecule has 3 nitrogen and oxygen atoms in total. The molecule has 0 aliphatic carbocycles. The summed E-state index contributed by atoms with van der Waals surface area (Å²) in [6, 6.07) is 0. The highest BCUT2D eigenvalue weighted by Crippen LogP contribution is 2.30. The molecular formula is C10H23NO2S. The van der Waals surface area contributed by atoms with Crippen LogP contribution in [0.3, 0.4) is 0 Å². The molecular weight excluding hydrogens is 198 g/mol. The molecule has 0 aromatic rings. The van der Waals surface area contributed by atoms with Crippen molar-refractivity contribution in [3.8, 4) is 0 Å². The van der Waals surface area contributed by atoms with E-state index in [-0.39, 0.29) is 11.2 Å². The van der Waals surface area contributed by atoms with E-state index in [9.17, 15) is 8.42 Å². The molecule has 14 heavy (non-hydrogen) atoms. The molecule has 86 valence electrons. The van der Waals surface area contributed by atoms with Crippen molar-refractivity contribution in [2.45, 2.75) is 27.2 Å². The summed E-state index contributed by atoms with van der Waals surface area (Å²) >= 11 is 0. The SMILES string of the molecule is CNCC(C)(CCS(C)(=O)=O)C(C)C. The topological polar surface area (TPSA) is 46.2 Å². The van der Waals surface area contributed by atoms with Gasteiger partial charge < -0.3 is 5.32 Å². The van der Waals surface area contributed by atoms with Crippen LogP contribution in [0, 0.1) is 11.3 Å². The van der Waals surface area contributed by atoms with Gasteiger partial charge in [0, 0.05) is 12.8 Å². The summed E-state index contributed by atoms with van der Waals surface area (Å²) in [7, 11) is -0.933. The largest absolute Gasteiger partial charge is 0.319 e. The molecule has 0 aliphatic rings. The van der Waals surface area contributed by atoms with Crippen LogP contribution < -0.4 is 5.32 Å². The molecule has 0 saturated heterocycles. The number of hydrogen-bond acceptors (Lipinski definition) is 3. The third-order valence-corrected chi connectivity index (χ3v) is 3.96. The van der Waals surface area contributed by atoms with Gasteiger partial charge in [0.05, 0.1) is 5.75 Å². The second-order valence-corrected chi connectivity index (χ2v) is 6.98. The van der Waals surface area contributed by atoms with Crippen molar-refractivity contribution >= 4 is 9.84 Å². The Kier molecular flexibility index (Phi) is 5.09. The molecule has 0 rings (SSSR count). The summed E-state index contributed by atoms with van der Waals surface area (Å²) in [6.45, 7) is 7.28. The van der Waals surface area contributed by atoms with Gasteiger partial charge in [-0.2, -0.15) is 0 Å². The van der Waals surface area contributed by atoms with Gasteiger partial charge >= 0.3 is 0 Å². The zero-order valence-corrected chi connectivity index (χ0v) is 10.7. The van der Waals surface area contributed by atoms with E-state index in [1.54, 1.807) is 0 Å². The normalized spacial score (nSPS) is 17.0. The molecule has 0 saturated carbocycles. The van der Waals surface area contributed by atoms with E-state index in [0.29, 0.717) is 5.92 Å². The first-order valence-corrected chi connectivity index (χ1v) is 7.09. The molecule has 0 fully saturated rings. The van der Waals surface area contributed by atoms with Crippen molar-refractivity contribution in [1.82, 2.24) is 5.32 Å². The lowest BCUT2D eigenvalue weighted by Gasteiger charge is -2.33. The Balaban J connectivity index is 4.38. The molecule has 0 bridgehead atoms. The first kappa shape index (κ1) is 13.9. The van der Waals surface area contributed by atoms with Gasteiger partial charge in [-0.3, -0.25) is 0 Å². The van der Waals surface area contributed by atoms with Crippen molar-refractivity contribution in [3.63, 3.8) is 0 Å². The Labute approximate surface area is 88.2 Å². The Bertz CT molecular complexity index is 259.